The Balaban J connectivity index is 2.81. The fourth-order valence-corrected chi connectivity index (χ4v) is 1.55. The molecule has 0 spiro atoms. The summed E-state index contributed by atoms with van der Waals surface area (Å²) in [6.07, 6.45) is 1.33. The van der Waals surface area contributed by atoms with Crippen LogP contribution in [0, 0.1) is 11.6 Å². The Labute approximate surface area is 92.4 Å². The molecule has 0 heterocycles. The molecule has 0 aromatic heterocycles. The van der Waals surface area contributed by atoms with E-state index < -0.39 is 11.6 Å². The van der Waals surface area contributed by atoms with E-state index in [4.69, 9.17) is 17.4 Å². The van der Waals surface area contributed by atoms with Crippen LogP contribution in [0.3, 0.4) is 0 Å². The van der Waals surface area contributed by atoms with Gasteiger partial charge in [-0.2, -0.15) is 0 Å². The molecule has 15 heavy (non-hydrogen) atoms. The lowest BCUT2D eigenvalue weighted by Gasteiger charge is -2.16. The number of hydrogen-bond acceptors (Lipinski definition) is 2. The molecular formula is C10H13ClF2N2. The number of benzene rings is 1. The SMILES string of the molecule is NNC(CCCCl)c1ccc(F)cc1F. The van der Waals surface area contributed by atoms with E-state index >= 15 is 0 Å². The maximum absolute atomic E-state index is 13.3. The van der Waals surface area contributed by atoms with E-state index in [1.807, 2.05) is 0 Å². The predicted molar refractivity (Wildman–Crippen MR) is 56.4 cm³/mol. The number of nitrogens with two attached hydrogens (primary N) is 1. The van der Waals surface area contributed by atoms with Crippen LogP contribution in [0.5, 0.6) is 0 Å². The Morgan fingerprint density at radius 2 is 2.13 bits per heavy atom. The summed E-state index contributed by atoms with van der Waals surface area (Å²) in [7, 11) is 0. The summed E-state index contributed by atoms with van der Waals surface area (Å²) >= 11 is 5.53. The van der Waals surface area contributed by atoms with Gasteiger partial charge in [0, 0.05) is 23.6 Å². The van der Waals surface area contributed by atoms with Gasteiger partial charge in [0.2, 0.25) is 0 Å². The molecule has 0 saturated heterocycles. The molecule has 1 unspecified atom stereocenters. The third-order valence-electron chi connectivity index (χ3n) is 2.17. The van der Waals surface area contributed by atoms with Crippen LogP contribution in [-0.2, 0) is 0 Å². The monoisotopic (exact) mass is 234 g/mol. The van der Waals surface area contributed by atoms with Crippen LogP contribution in [-0.4, -0.2) is 5.88 Å². The van der Waals surface area contributed by atoms with Crippen LogP contribution < -0.4 is 11.3 Å². The summed E-state index contributed by atoms with van der Waals surface area (Å²) in [6.45, 7) is 0. The third-order valence-corrected chi connectivity index (χ3v) is 2.43. The zero-order valence-electron chi connectivity index (χ0n) is 8.14. The molecule has 0 aliphatic heterocycles. The van der Waals surface area contributed by atoms with Crippen LogP contribution in [0.1, 0.15) is 24.4 Å². The van der Waals surface area contributed by atoms with Gasteiger partial charge in [0.15, 0.2) is 0 Å². The summed E-state index contributed by atoms with van der Waals surface area (Å²) in [6, 6.07) is 3.12. The molecule has 0 amide bonds. The van der Waals surface area contributed by atoms with E-state index in [2.05, 4.69) is 5.43 Å². The van der Waals surface area contributed by atoms with Crippen LogP contribution in [0.15, 0.2) is 18.2 Å². The third kappa shape index (κ3) is 3.41. The second-order valence-corrected chi connectivity index (χ2v) is 3.59. The highest BCUT2D eigenvalue weighted by atomic mass is 35.5. The molecule has 0 fully saturated rings. The maximum Gasteiger partial charge on any atom is 0.130 e. The molecule has 0 aliphatic rings. The minimum atomic E-state index is -0.593. The molecule has 1 aromatic carbocycles. The van der Waals surface area contributed by atoms with Crippen LogP contribution in [0.4, 0.5) is 8.78 Å². The van der Waals surface area contributed by atoms with Crippen molar-refractivity contribution in [2.24, 2.45) is 5.84 Å². The minimum Gasteiger partial charge on any atom is -0.271 e. The van der Waals surface area contributed by atoms with Gasteiger partial charge in [-0.1, -0.05) is 6.07 Å². The second kappa shape index (κ2) is 6.00. The number of hydrogen-bond donors (Lipinski definition) is 2. The highest BCUT2D eigenvalue weighted by Gasteiger charge is 2.14. The quantitative estimate of drug-likeness (QED) is 0.467. The Kier molecular flexibility index (Phi) is 4.94. The van der Waals surface area contributed by atoms with Crippen molar-refractivity contribution in [3.63, 3.8) is 0 Å². The van der Waals surface area contributed by atoms with Crippen molar-refractivity contribution in [2.75, 3.05) is 5.88 Å². The maximum atomic E-state index is 13.3. The van der Waals surface area contributed by atoms with Gasteiger partial charge in [0.05, 0.1) is 0 Å². The summed E-state index contributed by atoms with van der Waals surface area (Å²) in [5, 5.41) is 0. The number of alkyl halides is 1. The van der Waals surface area contributed by atoms with Gasteiger partial charge in [0.1, 0.15) is 11.6 Å². The van der Waals surface area contributed by atoms with Gasteiger partial charge in [-0.3, -0.25) is 11.3 Å². The largest absolute Gasteiger partial charge is 0.271 e. The van der Waals surface area contributed by atoms with Crippen LogP contribution >= 0.6 is 11.6 Å². The van der Waals surface area contributed by atoms with E-state index in [1.54, 1.807) is 0 Å². The number of halogens is 3. The standard InChI is InChI=1S/C10H13ClF2N2/c11-5-1-2-10(15-14)8-4-3-7(12)6-9(8)13/h3-4,6,10,15H,1-2,5,14H2. The van der Waals surface area contributed by atoms with Crippen LogP contribution in [0.25, 0.3) is 0 Å². The normalized spacial score (nSPS) is 12.8. The molecule has 0 radical (unpaired) electrons. The zero-order valence-corrected chi connectivity index (χ0v) is 8.90. The van der Waals surface area contributed by atoms with Crippen molar-refractivity contribution < 1.29 is 8.78 Å². The molecule has 0 aliphatic carbocycles. The average molecular weight is 235 g/mol. The molecular weight excluding hydrogens is 222 g/mol. The summed E-state index contributed by atoms with van der Waals surface area (Å²) in [5.41, 5.74) is 2.86. The van der Waals surface area contributed by atoms with Gasteiger partial charge in [-0.15, -0.1) is 11.6 Å². The molecule has 84 valence electrons. The summed E-state index contributed by atoms with van der Waals surface area (Å²) < 4.78 is 26.0. The molecule has 1 aromatic rings. The molecule has 1 atom stereocenters. The molecule has 5 heteroatoms. The Morgan fingerprint density at radius 1 is 1.40 bits per heavy atom. The Hall–Kier alpha value is -0.710. The fraction of sp³-hybridized carbons (Fsp3) is 0.400. The highest BCUT2D eigenvalue weighted by molar-refractivity contribution is 6.17. The van der Waals surface area contributed by atoms with Crippen molar-refractivity contribution >= 4 is 11.6 Å². The molecule has 0 saturated carbocycles. The summed E-state index contributed by atoms with van der Waals surface area (Å²) in [5.74, 6) is 4.60. The lowest BCUT2D eigenvalue weighted by Crippen LogP contribution is -2.28. The first-order valence-corrected chi connectivity index (χ1v) is 5.19. The number of nitrogens with one attached hydrogen (secondary N) is 1. The van der Waals surface area contributed by atoms with Gasteiger partial charge in [-0.05, 0) is 18.9 Å². The highest BCUT2D eigenvalue weighted by Crippen LogP contribution is 2.21. The van der Waals surface area contributed by atoms with E-state index in [-0.39, 0.29) is 6.04 Å². The fourth-order valence-electron chi connectivity index (χ4n) is 1.39. The van der Waals surface area contributed by atoms with Gasteiger partial charge >= 0.3 is 0 Å². The van der Waals surface area contributed by atoms with Crippen molar-refractivity contribution in [1.82, 2.24) is 5.43 Å². The number of hydrazine groups is 1. The molecule has 2 nitrogen and oxygen atoms in total. The number of rotatable bonds is 5. The van der Waals surface area contributed by atoms with Gasteiger partial charge < -0.3 is 0 Å². The first-order valence-electron chi connectivity index (χ1n) is 4.66. The Bertz CT molecular complexity index is 320. The van der Waals surface area contributed by atoms with Crippen molar-refractivity contribution in [3.8, 4) is 0 Å². The lowest BCUT2D eigenvalue weighted by atomic mass is 10.0. The topological polar surface area (TPSA) is 38.0 Å². The zero-order chi connectivity index (χ0) is 11.3. The summed E-state index contributed by atoms with van der Waals surface area (Å²) in [4.78, 5) is 0. The Morgan fingerprint density at radius 3 is 2.67 bits per heavy atom. The van der Waals surface area contributed by atoms with E-state index in [0.717, 1.165) is 6.07 Å². The lowest BCUT2D eigenvalue weighted by molar-refractivity contribution is 0.477. The van der Waals surface area contributed by atoms with E-state index in [9.17, 15) is 8.78 Å². The van der Waals surface area contributed by atoms with Crippen molar-refractivity contribution in [2.45, 2.75) is 18.9 Å². The van der Waals surface area contributed by atoms with E-state index in [0.29, 0.717) is 24.3 Å². The van der Waals surface area contributed by atoms with Gasteiger partial charge in [0.25, 0.3) is 0 Å². The average Bonchev–Trinajstić information content (AvgIpc) is 2.21. The first-order chi connectivity index (χ1) is 7.19. The molecule has 0 bridgehead atoms. The first kappa shape index (κ1) is 12.4. The predicted octanol–water partition coefficient (Wildman–Crippen LogP) is 2.49. The molecule has 1 rings (SSSR count). The minimum absolute atomic E-state index is 0.329. The van der Waals surface area contributed by atoms with Crippen LogP contribution in [0.2, 0.25) is 0 Å². The second-order valence-electron chi connectivity index (χ2n) is 3.22. The van der Waals surface area contributed by atoms with Crippen molar-refractivity contribution in [3.05, 3.63) is 35.4 Å². The van der Waals surface area contributed by atoms with Gasteiger partial charge in [-0.25, -0.2) is 8.78 Å². The smallest absolute Gasteiger partial charge is 0.130 e. The molecule has 3 N–H and O–H groups in total. The van der Waals surface area contributed by atoms with E-state index in [1.165, 1.54) is 12.1 Å². The van der Waals surface area contributed by atoms with Crippen molar-refractivity contribution in [1.29, 1.82) is 0 Å².